The molecule has 1 rings (SSSR count). The van der Waals surface area contributed by atoms with Gasteiger partial charge in [0, 0.05) is 5.71 Å². The van der Waals surface area contributed by atoms with E-state index < -0.39 is 5.97 Å². The van der Waals surface area contributed by atoms with Crippen molar-refractivity contribution in [1.82, 2.24) is 0 Å². The molecule has 2 N–H and O–H groups in total. The Balaban J connectivity index is 2.77. The Morgan fingerprint density at radius 1 is 1.50 bits per heavy atom. The molecule has 18 heavy (non-hydrogen) atoms. The first-order valence-corrected chi connectivity index (χ1v) is 6.24. The van der Waals surface area contributed by atoms with E-state index in [-0.39, 0.29) is 5.56 Å². The van der Waals surface area contributed by atoms with Gasteiger partial charge in [-0.15, -0.1) is 0 Å². The fourth-order valence-electron chi connectivity index (χ4n) is 1.39. The number of hydrogen-bond acceptors (Lipinski definition) is 3. The summed E-state index contributed by atoms with van der Waals surface area (Å²) in [5.74, 6) is -0.985. The van der Waals surface area contributed by atoms with Crippen molar-refractivity contribution < 1.29 is 9.90 Å². The molecule has 0 unspecified atom stereocenters. The zero-order chi connectivity index (χ0) is 13.5. The average molecular weight is 269 g/mol. The second-order valence-electron chi connectivity index (χ2n) is 4.06. The number of carboxylic acids is 1. The smallest absolute Gasteiger partial charge is 0.335 e. The molecule has 0 aliphatic heterocycles. The Hall–Kier alpha value is -1.55. The topological polar surface area (TPSA) is 61.7 Å². The van der Waals surface area contributed by atoms with Gasteiger partial charge in [0.25, 0.3) is 0 Å². The normalized spacial score (nSPS) is 11.4. The van der Waals surface area contributed by atoms with Crippen LogP contribution in [0.25, 0.3) is 0 Å². The van der Waals surface area contributed by atoms with Crippen molar-refractivity contribution >= 4 is 29.0 Å². The van der Waals surface area contributed by atoms with Gasteiger partial charge < -0.3 is 5.11 Å². The second kappa shape index (κ2) is 7.01. The zero-order valence-corrected chi connectivity index (χ0v) is 11.3. The Morgan fingerprint density at radius 3 is 2.83 bits per heavy atom. The van der Waals surface area contributed by atoms with Crippen LogP contribution in [0, 0.1) is 0 Å². The van der Waals surface area contributed by atoms with Crippen LogP contribution in [0.4, 0.5) is 5.69 Å². The van der Waals surface area contributed by atoms with E-state index in [1.165, 1.54) is 12.1 Å². The minimum Gasteiger partial charge on any atom is -0.478 e. The largest absolute Gasteiger partial charge is 0.478 e. The van der Waals surface area contributed by atoms with E-state index in [2.05, 4.69) is 17.5 Å². The fourth-order valence-corrected chi connectivity index (χ4v) is 1.55. The number of nitrogens with one attached hydrogen (secondary N) is 1. The first-order chi connectivity index (χ1) is 8.54. The Morgan fingerprint density at radius 2 is 2.22 bits per heavy atom. The van der Waals surface area contributed by atoms with Gasteiger partial charge in [0.05, 0.1) is 16.3 Å². The summed E-state index contributed by atoms with van der Waals surface area (Å²) in [5, 5.41) is 13.5. The maximum absolute atomic E-state index is 10.8. The molecule has 1 aromatic carbocycles. The monoisotopic (exact) mass is 268 g/mol. The summed E-state index contributed by atoms with van der Waals surface area (Å²) in [6.07, 6.45) is 3.11. The number of nitrogens with zero attached hydrogens (tertiary/aromatic N) is 1. The summed E-state index contributed by atoms with van der Waals surface area (Å²) >= 11 is 5.96. The molecule has 0 saturated carbocycles. The van der Waals surface area contributed by atoms with E-state index in [4.69, 9.17) is 16.7 Å². The molecule has 4 nitrogen and oxygen atoms in total. The summed E-state index contributed by atoms with van der Waals surface area (Å²) in [7, 11) is 0. The van der Waals surface area contributed by atoms with Gasteiger partial charge in [-0.3, -0.25) is 5.43 Å². The van der Waals surface area contributed by atoms with E-state index in [1.807, 2.05) is 6.92 Å². The molecular weight excluding hydrogens is 252 g/mol. The molecule has 0 radical (unpaired) electrons. The number of carbonyl (C=O) groups is 1. The molecule has 0 atom stereocenters. The van der Waals surface area contributed by atoms with Crippen molar-refractivity contribution in [2.45, 2.75) is 33.1 Å². The van der Waals surface area contributed by atoms with E-state index in [0.717, 1.165) is 25.0 Å². The van der Waals surface area contributed by atoms with Crippen LogP contribution < -0.4 is 5.43 Å². The number of halogens is 1. The highest BCUT2D eigenvalue weighted by Crippen LogP contribution is 2.23. The molecule has 0 heterocycles. The number of benzene rings is 1. The van der Waals surface area contributed by atoms with Crippen LogP contribution >= 0.6 is 11.6 Å². The van der Waals surface area contributed by atoms with Crippen molar-refractivity contribution in [2.24, 2.45) is 5.10 Å². The number of carboxylic acid groups (broad SMARTS) is 1. The van der Waals surface area contributed by atoms with Crippen molar-refractivity contribution in [3.05, 3.63) is 28.8 Å². The van der Waals surface area contributed by atoms with E-state index in [0.29, 0.717) is 10.7 Å². The summed E-state index contributed by atoms with van der Waals surface area (Å²) in [5.41, 5.74) is 4.47. The maximum Gasteiger partial charge on any atom is 0.335 e. The van der Waals surface area contributed by atoms with Crippen molar-refractivity contribution in [2.75, 3.05) is 5.43 Å². The molecule has 1 aromatic rings. The average Bonchev–Trinajstić information content (AvgIpc) is 2.35. The lowest BCUT2D eigenvalue weighted by molar-refractivity contribution is 0.0697. The van der Waals surface area contributed by atoms with Crippen LogP contribution in [0.5, 0.6) is 0 Å². The second-order valence-corrected chi connectivity index (χ2v) is 4.47. The number of unbranched alkanes of at least 4 members (excludes halogenated alkanes) is 1. The van der Waals surface area contributed by atoms with Crippen LogP contribution in [0.2, 0.25) is 5.02 Å². The highest BCUT2D eigenvalue weighted by atomic mass is 35.5. The van der Waals surface area contributed by atoms with Gasteiger partial charge in [-0.2, -0.15) is 5.10 Å². The summed E-state index contributed by atoms with van der Waals surface area (Å²) in [6.45, 7) is 4.05. The quantitative estimate of drug-likeness (QED) is 0.605. The molecule has 0 aliphatic carbocycles. The molecule has 0 amide bonds. The lowest BCUT2D eigenvalue weighted by atomic mass is 10.2. The number of hydrazone groups is 1. The van der Waals surface area contributed by atoms with Gasteiger partial charge in [0.2, 0.25) is 0 Å². The lowest BCUT2D eigenvalue weighted by Crippen LogP contribution is -2.01. The lowest BCUT2D eigenvalue weighted by Gasteiger charge is -2.06. The van der Waals surface area contributed by atoms with Gasteiger partial charge in [0.1, 0.15) is 0 Å². The predicted molar refractivity (Wildman–Crippen MR) is 74.7 cm³/mol. The molecular formula is C13H17ClN2O2. The van der Waals surface area contributed by atoms with Gasteiger partial charge in [-0.1, -0.05) is 24.9 Å². The minimum atomic E-state index is -0.985. The van der Waals surface area contributed by atoms with Crippen molar-refractivity contribution in [3.63, 3.8) is 0 Å². The molecule has 5 heteroatoms. The number of rotatable bonds is 6. The molecule has 0 saturated heterocycles. The third-order valence-corrected chi connectivity index (χ3v) is 2.80. The Labute approximate surface area is 112 Å². The highest BCUT2D eigenvalue weighted by Gasteiger charge is 2.06. The molecule has 0 fully saturated rings. The standard InChI is InChI=1S/C13H17ClN2O2/c1-3-4-5-9(2)15-16-12-8-10(13(17)18)6-7-11(12)14/h6-8,16H,3-5H2,1-2H3,(H,17,18)/b15-9-. The van der Waals surface area contributed by atoms with Crippen LogP contribution in [-0.2, 0) is 0 Å². The third kappa shape index (κ3) is 4.37. The number of hydrogen-bond donors (Lipinski definition) is 2. The summed E-state index contributed by atoms with van der Waals surface area (Å²) < 4.78 is 0. The molecule has 0 aliphatic rings. The Kier molecular flexibility index (Phi) is 5.65. The van der Waals surface area contributed by atoms with Crippen LogP contribution in [0.3, 0.4) is 0 Å². The predicted octanol–water partition coefficient (Wildman–Crippen LogP) is 4.02. The summed E-state index contributed by atoms with van der Waals surface area (Å²) in [6, 6.07) is 4.48. The summed E-state index contributed by atoms with van der Waals surface area (Å²) in [4.78, 5) is 10.8. The first-order valence-electron chi connectivity index (χ1n) is 5.86. The van der Waals surface area contributed by atoms with Gasteiger partial charge in [0.15, 0.2) is 0 Å². The van der Waals surface area contributed by atoms with E-state index in [9.17, 15) is 4.79 Å². The van der Waals surface area contributed by atoms with Gasteiger partial charge in [-0.25, -0.2) is 4.79 Å². The molecule has 98 valence electrons. The Bertz CT molecular complexity index is 458. The minimum absolute atomic E-state index is 0.184. The number of anilines is 1. The first kappa shape index (κ1) is 14.5. The van der Waals surface area contributed by atoms with Gasteiger partial charge >= 0.3 is 5.97 Å². The van der Waals surface area contributed by atoms with E-state index in [1.54, 1.807) is 6.07 Å². The van der Waals surface area contributed by atoms with Crippen LogP contribution in [0.15, 0.2) is 23.3 Å². The van der Waals surface area contributed by atoms with Crippen molar-refractivity contribution in [3.8, 4) is 0 Å². The highest BCUT2D eigenvalue weighted by molar-refractivity contribution is 6.33. The fraction of sp³-hybridized carbons (Fsp3) is 0.385. The van der Waals surface area contributed by atoms with Gasteiger partial charge in [-0.05, 0) is 38.0 Å². The molecule has 0 bridgehead atoms. The maximum atomic E-state index is 10.8. The number of aromatic carboxylic acids is 1. The van der Waals surface area contributed by atoms with Crippen LogP contribution in [0.1, 0.15) is 43.5 Å². The molecule has 0 aromatic heterocycles. The SMILES string of the molecule is CCCC/C(C)=N\Nc1cc(C(=O)O)ccc1Cl. The zero-order valence-electron chi connectivity index (χ0n) is 10.5. The molecule has 0 spiro atoms. The van der Waals surface area contributed by atoms with E-state index >= 15 is 0 Å². The third-order valence-electron chi connectivity index (χ3n) is 2.47. The van der Waals surface area contributed by atoms with Crippen LogP contribution in [-0.4, -0.2) is 16.8 Å². The van der Waals surface area contributed by atoms with Crippen molar-refractivity contribution in [1.29, 1.82) is 0 Å².